The van der Waals surface area contributed by atoms with Crippen LogP contribution in [0.4, 0.5) is 17.3 Å². The lowest BCUT2D eigenvalue weighted by molar-refractivity contribution is 1.32. The molecule has 19 heavy (non-hydrogen) atoms. The quantitative estimate of drug-likeness (QED) is 0.739. The summed E-state index contributed by atoms with van der Waals surface area (Å²) in [5, 5.41) is 3.88. The van der Waals surface area contributed by atoms with Crippen molar-refractivity contribution >= 4 is 62.1 Å². The highest BCUT2D eigenvalue weighted by Gasteiger charge is 2.08. The fourth-order valence-electron chi connectivity index (χ4n) is 1.64. The van der Waals surface area contributed by atoms with Gasteiger partial charge < -0.3 is 11.1 Å². The van der Waals surface area contributed by atoms with Crippen LogP contribution in [0.2, 0.25) is 10.0 Å². The van der Waals surface area contributed by atoms with Gasteiger partial charge in [-0.05, 0) is 24.3 Å². The van der Waals surface area contributed by atoms with Crippen molar-refractivity contribution < 1.29 is 0 Å². The highest BCUT2D eigenvalue weighted by molar-refractivity contribution is 7.16. The minimum Gasteiger partial charge on any atom is -0.382 e. The average Bonchev–Trinajstić information content (AvgIpc) is 2.83. The van der Waals surface area contributed by atoms with Crippen molar-refractivity contribution in [2.24, 2.45) is 0 Å². The zero-order valence-corrected chi connectivity index (χ0v) is 11.9. The van der Waals surface area contributed by atoms with E-state index in [4.69, 9.17) is 28.9 Å². The Kier molecular flexibility index (Phi) is 3.18. The van der Waals surface area contributed by atoms with Crippen LogP contribution < -0.4 is 11.1 Å². The van der Waals surface area contributed by atoms with Crippen molar-refractivity contribution in [1.29, 1.82) is 0 Å². The fourth-order valence-corrected chi connectivity index (χ4v) is 2.76. The molecule has 0 saturated carbocycles. The van der Waals surface area contributed by atoms with Crippen LogP contribution in [0.5, 0.6) is 0 Å². The van der Waals surface area contributed by atoms with Gasteiger partial charge in [0.25, 0.3) is 0 Å². The molecule has 0 aliphatic rings. The largest absolute Gasteiger partial charge is 0.382 e. The van der Waals surface area contributed by atoms with Gasteiger partial charge in [0.1, 0.15) is 5.82 Å². The molecule has 96 valence electrons. The summed E-state index contributed by atoms with van der Waals surface area (Å²) in [4.78, 5) is 8.35. The number of hydrogen-bond donors (Lipinski definition) is 2. The lowest BCUT2D eigenvalue weighted by Gasteiger charge is -2.09. The first-order valence-electron chi connectivity index (χ1n) is 5.35. The molecule has 0 unspecified atom stereocenters. The summed E-state index contributed by atoms with van der Waals surface area (Å²) in [6, 6.07) is 7.39. The highest BCUT2D eigenvalue weighted by Crippen LogP contribution is 2.30. The van der Waals surface area contributed by atoms with Crippen LogP contribution in [0.25, 0.3) is 10.2 Å². The van der Waals surface area contributed by atoms with Gasteiger partial charge in [-0.3, -0.25) is 0 Å². The summed E-state index contributed by atoms with van der Waals surface area (Å²) in [6.07, 6.45) is 0. The Balaban J connectivity index is 1.98. The zero-order chi connectivity index (χ0) is 13.4. The smallest absolute Gasteiger partial charge is 0.151 e. The van der Waals surface area contributed by atoms with Crippen LogP contribution >= 0.6 is 34.5 Å². The molecule has 0 atom stereocenters. The number of nitrogens with two attached hydrogens (primary N) is 1. The van der Waals surface area contributed by atoms with Gasteiger partial charge in [-0.2, -0.15) is 0 Å². The molecule has 0 saturated heterocycles. The van der Waals surface area contributed by atoms with E-state index in [1.54, 1.807) is 22.9 Å². The Morgan fingerprint density at radius 2 is 2.00 bits per heavy atom. The summed E-state index contributed by atoms with van der Waals surface area (Å²) < 4.78 is 1.09. The second-order valence-electron chi connectivity index (χ2n) is 3.85. The lowest BCUT2D eigenvalue weighted by Crippen LogP contribution is -1.98. The average molecular weight is 311 g/mol. The molecule has 0 spiro atoms. The van der Waals surface area contributed by atoms with Crippen LogP contribution in [0.1, 0.15) is 0 Å². The summed E-state index contributed by atoms with van der Waals surface area (Å²) in [7, 11) is 0. The van der Waals surface area contributed by atoms with Crippen molar-refractivity contribution in [3.05, 3.63) is 39.8 Å². The maximum Gasteiger partial charge on any atom is 0.151 e. The van der Waals surface area contributed by atoms with Crippen LogP contribution in [0.15, 0.2) is 29.8 Å². The van der Waals surface area contributed by atoms with Crippen LogP contribution in [-0.2, 0) is 0 Å². The number of pyridine rings is 1. The number of nitrogen functional groups attached to an aromatic ring is 1. The number of rotatable bonds is 2. The van der Waals surface area contributed by atoms with E-state index in [0.717, 1.165) is 15.9 Å². The van der Waals surface area contributed by atoms with E-state index in [2.05, 4.69) is 15.3 Å². The SMILES string of the molecule is Nc1nc(Nc2ccc3ncsc3c2)c(Cl)cc1Cl. The van der Waals surface area contributed by atoms with E-state index in [9.17, 15) is 0 Å². The standard InChI is InChI=1S/C12H8Cl2N4S/c13-7-4-8(14)12(18-11(7)15)17-6-1-2-9-10(3-6)19-5-16-9/h1-5H,(H3,15,17,18). The van der Waals surface area contributed by atoms with Gasteiger partial charge in [0, 0.05) is 5.69 Å². The van der Waals surface area contributed by atoms with Gasteiger partial charge >= 0.3 is 0 Å². The first-order valence-corrected chi connectivity index (χ1v) is 6.99. The normalized spacial score (nSPS) is 10.8. The Labute approximate surface area is 123 Å². The van der Waals surface area contributed by atoms with Crippen LogP contribution in [0.3, 0.4) is 0 Å². The topological polar surface area (TPSA) is 63.8 Å². The Hall–Kier alpha value is -1.56. The van der Waals surface area contributed by atoms with E-state index in [1.165, 1.54) is 0 Å². The zero-order valence-electron chi connectivity index (χ0n) is 9.52. The summed E-state index contributed by atoms with van der Waals surface area (Å²) in [5.41, 5.74) is 9.30. The molecule has 0 aliphatic heterocycles. The first-order chi connectivity index (χ1) is 9.13. The molecule has 3 N–H and O–H groups in total. The third-order valence-corrected chi connectivity index (χ3v) is 3.93. The van der Waals surface area contributed by atoms with Crippen LogP contribution in [-0.4, -0.2) is 9.97 Å². The molecule has 4 nitrogen and oxygen atoms in total. The van der Waals surface area contributed by atoms with Crippen molar-refractivity contribution in [2.75, 3.05) is 11.1 Å². The summed E-state index contributed by atoms with van der Waals surface area (Å²) >= 11 is 13.5. The third-order valence-electron chi connectivity index (χ3n) is 2.55. The summed E-state index contributed by atoms with van der Waals surface area (Å²) in [5.74, 6) is 0.722. The minimum absolute atomic E-state index is 0.243. The minimum atomic E-state index is 0.243. The van der Waals surface area contributed by atoms with E-state index >= 15 is 0 Å². The Morgan fingerprint density at radius 3 is 2.84 bits per heavy atom. The highest BCUT2D eigenvalue weighted by atomic mass is 35.5. The van der Waals surface area contributed by atoms with Gasteiger partial charge in [-0.15, -0.1) is 11.3 Å². The molecule has 7 heteroatoms. The van der Waals surface area contributed by atoms with E-state index in [0.29, 0.717) is 15.9 Å². The molecule has 0 amide bonds. The van der Waals surface area contributed by atoms with Crippen molar-refractivity contribution in [1.82, 2.24) is 9.97 Å². The third kappa shape index (κ3) is 2.45. The molecule has 0 fully saturated rings. The molecule has 0 radical (unpaired) electrons. The van der Waals surface area contributed by atoms with Crippen molar-refractivity contribution in [3.63, 3.8) is 0 Å². The predicted molar refractivity (Wildman–Crippen MR) is 81.6 cm³/mol. The number of nitrogens with one attached hydrogen (secondary N) is 1. The van der Waals surface area contributed by atoms with Crippen LogP contribution in [0, 0.1) is 0 Å². The number of hydrogen-bond acceptors (Lipinski definition) is 5. The second-order valence-corrected chi connectivity index (χ2v) is 5.55. The van der Waals surface area contributed by atoms with E-state index < -0.39 is 0 Å². The van der Waals surface area contributed by atoms with Gasteiger partial charge in [-0.25, -0.2) is 9.97 Å². The van der Waals surface area contributed by atoms with E-state index in [1.807, 2.05) is 18.2 Å². The number of aromatic nitrogens is 2. The lowest BCUT2D eigenvalue weighted by atomic mass is 10.3. The number of fused-ring (bicyclic) bond motifs is 1. The van der Waals surface area contributed by atoms with Gasteiger partial charge in [-0.1, -0.05) is 23.2 Å². The van der Waals surface area contributed by atoms with E-state index in [-0.39, 0.29) is 5.82 Å². The first kappa shape index (κ1) is 12.5. The van der Waals surface area contributed by atoms with Crippen molar-refractivity contribution in [3.8, 4) is 0 Å². The number of halogens is 2. The molecule has 0 bridgehead atoms. The van der Waals surface area contributed by atoms with Gasteiger partial charge in [0.05, 0.1) is 25.8 Å². The van der Waals surface area contributed by atoms with Gasteiger partial charge in [0.15, 0.2) is 5.82 Å². The number of thiazole rings is 1. The molecule has 2 aromatic heterocycles. The molecule has 3 aromatic rings. The fraction of sp³-hybridized carbons (Fsp3) is 0. The molecule has 0 aliphatic carbocycles. The number of benzene rings is 1. The number of anilines is 3. The maximum absolute atomic E-state index is 6.07. The molecular weight excluding hydrogens is 303 g/mol. The monoisotopic (exact) mass is 310 g/mol. The summed E-state index contributed by atoms with van der Waals surface area (Å²) in [6.45, 7) is 0. The second kappa shape index (κ2) is 4.85. The van der Waals surface area contributed by atoms with Gasteiger partial charge in [0.2, 0.25) is 0 Å². The molecule has 1 aromatic carbocycles. The molecular formula is C12H8Cl2N4S. The Bertz CT molecular complexity index is 757. The molecule has 2 heterocycles. The number of nitrogens with zero attached hydrogens (tertiary/aromatic N) is 2. The maximum atomic E-state index is 6.07. The Morgan fingerprint density at radius 1 is 1.16 bits per heavy atom. The predicted octanol–water partition coefficient (Wildman–Crippen LogP) is 4.32. The molecule has 3 rings (SSSR count). The van der Waals surface area contributed by atoms with Crippen molar-refractivity contribution in [2.45, 2.75) is 0 Å².